The topological polar surface area (TPSA) is 58.4 Å². The minimum atomic E-state index is -0.149. The summed E-state index contributed by atoms with van der Waals surface area (Å²) in [5.41, 5.74) is 3.34. The van der Waals surface area contributed by atoms with E-state index in [1.54, 1.807) is 4.90 Å². The normalized spacial score (nSPS) is 21.6. The molecular formula is C15H25N3O2. The number of amides is 1. The molecule has 0 unspecified atom stereocenters. The van der Waals surface area contributed by atoms with Gasteiger partial charge in [-0.3, -0.25) is 9.48 Å². The molecule has 1 amide bonds. The van der Waals surface area contributed by atoms with Gasteiger partial charge in [-0.05, 0) is 44.6 Å². The van der Waals surface area contributed by atoms with E-state index in [1.807, 2.05) is 32.6 Å². The van der Waals surface area contributed by atoms with E-state index in [-0.39, 0.29) is 12.0 Å². The molecule has 5 heteroatoms. The van der Waals surface area contributed by atoms with Crippen molar-refractivity contribution < 1.29 is 9.90 Å². The first-order chi connectivity index (χ1) is 9.38. The van der Waals surface area contributed by atoms with Crippen LogP contribution in [0, 0.1) is 19.8 Å². The molecule has 1 aliphatic rings. The molecule has 0 aliphatic heterocycles. The Balaban J connectivity index is 1.82. The van der Waals surface area contributed by atoms with E-state index in [0.29, 0.717) is 12.3 Å². The van der Waals surface area contributed by atoms with Crippen LogP contribution in [0.25, 0.3) is 0 Å². The maximum atomic E-state index is 12.1. The van der Waals surface area contributed by atoms with Crippen LogP contribution in [0.15, 0.2) is 0 Å². The van der Waals surface area contributed by atoms with Gasteiger partial charge in [0.15, 0.2) is 0 Å². The number of carbonyl (C=O) groups is 1. The maximum absolute atomic E-state index is 12.1. The molecule has 20 heavy (non-hydrogen) atoms. The fourth-order valence-corrected chi connectivity index (χ4v) is 2.94. The molecule has 1 fully saturated rings. The Labute approximate surface area is 120 Å². The lowest BCUT2D eigenvalue weighted by Crippen LogP contribution is -2.39. The molecule has 5 nitrogen and oxygen atoms in total. The van der Waals surface area contributed by atoms with Crippen molar-refractivity contribution >= 4 is 5.91 Å². The number of aliphatic hydroxyl groups excluding tert-OH is 1. The molecule has 1 aromatic rings. The first-order valence-electron chi connectivity index (χ1n) is 7.29. The van der Waals surface area contributed by atoms with Crippen LogP contribution in [0.1, 0.15) is 36.2 Å². The van der Waals surface area contributed by atoms with Crippen molar-refractivity contribution in [3.05, 3.63) is 17.0 Å². The maximum Gasteiger partial charge on any atom is 0.222 e. The van der Waals surface area contributed by atoms with Gasteiger partial charge in [-0.25, -0.2) is 0 Å². The van der Waals surface area contributed by atoms with Crippen molar-refractivity contribution in [2.45, 2.75) is 45.6 Å². The molecule has 0 aromatic carbocycles. The van der Waals surface area contributed by atoms with Crippen molar-refractivity contribution in [1.29, 1.82) is 0 Å². The third kappa shape index (κ3) is 3.20. The lowest BCUT2D eigenvalue weighted by Gasteiger charge is -2.34. The van der Waals surface area contributed by atoms with E-state index >= 15 is 0 Å². The van der Waals surface area contributed by atoms with Gasteiger partial charge < -0.3 is 10.0 Å². The quantitative estimate of drug-likeness (QED) is 0.881. The molecule has 1 heterocycles. The van der Waals surface area contributed by atoms with Crippen LogP contribution < -0.4 is 0 Å². The van der Waals surface area contributed by atoms with Gasteiger partial charge in [0.1, 0.15) is 0 Å². The molecule has 0 radical (unpaired) electrons. The van der Waals surface area contributed by atoms with Gasteiger partial charge in [0.05, 0.1) is 11.8 Å². The van der Waals surface area contributed by atoms with Gasteiger partial charge in [-0.1, -0.05) is 0 Å². The minimum Gasteiger partial charge on any atom is -0.393 e. The van der Waals surface area contributed by atoms with Gasteiger partial charge in [-0.2, -0.15) is 5.10 Å². The van der Waals surface area contributed by atoms with Crippen molar-refractivity contribution in [2.24, 2.45) is 13.0 Å². The first-order valence-corrected chi connectivity index (χ1v) is 7.29. The molecule has 0 spiro atoms. The number of aliphatic hydroxyl groups is 1. The van der Waals surface area contributed by atoms with Gasteiger partial charge >= 0.3 is 0 Å². The third-order valence-electron chi connectivity index (χ3n) is 4.42. The van der Waals surface area contributed by atoms with Crippen molar-refractivity contribution in [1.82, 2.24) is 14.7 Å². The molecule has 0 atom stereocenters. The lowest BCUT2D eigenvalue weighted by molar-refractivity contribution is -0.131. The van der Waals surface area contributed by atoms with Gasteiger partial charge in [0.25, 0.3) is 0 Å². The van der Waals surface area contributed by atoms with Crippen LogP contribution >= 0.6 is 0 Å². The Morgan fingerprint density at radius 2 is 2.10 bits per heavy atom. The number of aromatic nitrogens is 2. The summed E-state index contributed by atoms with van der Waals surface area (Å²) in [4.78, 5) is 13.9. The predicted octanol–water partition coefficient (Wildman–Crippen LogP) is 1.20. The van der Waals surface area contributed by atoms with Gasteiger partial charge in [0, 0.05) is 32.8 Å². The minimum absolute atomic E-state index is 0.149. The second kappa shape index (κ2) is 5.95. The molecule has 1 aromatic heterocycles. The monoisotopic (exact) mass is 279 g/mol. The number of hydrogen-bond donors (Lipinski definition) is 1. The fraction of sp³-hybridized carbons (Fsp3) is 0.733. The van der Waals surface area contributed by atoms with Crippen LogP contribution in [0.3, 0.4) is 0 Å². The molecular weight excluding hydrogens is 254 g/mol. The lowest BCUT2D eigenvalue weighted by atomic mass is 9.82. The summed E-state index contributed by atoms with van der Waals surface area (Å²) in [5.74, 6) is 0.648. The average Bonchev–Trinajstić information content (AvgIpc) is 2.59. The van der Waals surface area contributed by atoms with Crippen molar-refractivity contribution in [3.63, 3.8) is 0 Å². The molecule has 0 saturated heterocycles. The number of nitrogens with zero attached hydrogens (tertiary/aromatic N) is 3. The van der Waals surface area contributed by atoms with E-state index in [0.717, 1.165) is 37.2 Å². The van der Waals surface area contributed by atoms with Gasteiger partial charge in [0.2, 0.25) is 5.91 Å². The Morgan fingerprint density at radius 1 is 1.45 bits per heavy atom. The zero-order valence-corrected chi connectivity index (χ0v) is 12.9. The van der Waals surface area contributed by atoms with Crippen molar-refractivity contribution in [3.8, 4) is 0 Å². The Bertz CT molecular complexity index is 490. The number of carbonyl (C=O) groups excluding carboxylic acids is 1. The van der Waals surface area contributed by atoms with Crippen LogP contribution in [-0.2, 0) is 18.3 Å². The summed E-state index contributed by atoms with van der Waals surface area (Å²) in [6.45, 7) is 4.80. The molecule has 1 N–H and O–H groups in total. The summed E-state index contributed by atoms with van der Waals surface area (Å²) in [7, 11) is 3.79. The Morgan fingerprint density at radius 3 is 2.60 bits per heavy atom. The second-order valence-electron chi connectivity index (χ2n) is 6.04. The summed E-state index contributed by atoms with van der Waals surface area (Å²) >= 11 is 0. The summed E-state index contributed by atoms with van der Waals surface area (Å²) in [6, 6.07) is 0. The second-order valence-corrected chi connectivity index (χ2v) is 6.04. The molecule has 2 rings (SSSR count). The molecule has 1 aliphatic carbocycles. The van der Waals surface area contributed by atoms with Crippen LogP contribution in [-0.4, -0.2) is 45.4 Å². The summed E-state index contributed by atoms with van der Waals surface area (Å²) in [6.07, 6.45) is 2.79. The summed E-state index contributed by atoms with van der Waals surface area (Å²) < 4.78 is 1.87. The van der Waals surface area contributed by atoms with E-state index in [4.69, 9.17) is 0 Å². The molecule has 112 valence electrons. The predicted molar refractivity (Wildman–Crippen MR) is 77.4 cm³/mol. The number of aryl methyl sites for hydroxylation is 2. The fourth-order valence-electron chi connectivity index (χ4n) is 2.94. The van der Waals surface area contributed by atoms with Crippen LogP contribution in [0.4, 0.5) is 0 Å². The highest BCUT2D eigenvalue weighted by Gasteiger charge is 2.29. The Hall–Kier alpha value is -1.36. The SMILES string of the molecule is Cc1nn(C)c(C)c1CCC(=O)N(C)CC1CC(O)C1. The third-order valence-corrected chi connectivity index (χ3v) is 4.42. The highest BCUT2D eigenvalue weighted by Crippen LogP contribution is 2.27. The van der Waals surface area contributed by atoms with E-state index in [9.17, 15) is 9.90 Å². The largest absolute Gasteiger partial charge is 0.393 e. The number of hydrogen-bond acceptors (Lipinski definition) is 3. The highest BCUT2D eigenvalue weighted by molar-refractivity contribution is 5.76. The van der Waals surface area contributed by atoms with E-state index in [2.05, 4.69) is 5.10 Å². The molecule has 0 bridgehead atoms. The standard InChI is InChI=1S/C15H25N3O2/c1-10-14(11(2)18(4)16-10)5-6-15(20)17(3)9-12-7-13(19)8-12/h12-13,19H,5-9H2,1-4H3. The van der Waals surface area contributed by atoms with E-state index in [1.165, 1.54) is 5.56 Å². The van der Waals surface area contributed by atoms with Crippen LogP contribution in [0.5, 0.6) is 0 Å². The van der Waals surface area contributed by atoms with E-state index < -0.39 is 0 Å². The highest BCUT2D eigenvalue weighted by atomic mass is 16.3. The average molecular weight is 279 g/mol. The van der Waals surface area contributed by atoms with Gasteiger partial charge in [-0.15, -0.1) is 0 Å². The first kappa shape index (κ1) is 15.0. The molecule has 1 saturated carbocycles. The van der Waals surface area contributed by atoms with Crippen LogP contribution in [0.2, 0.25) is 0 Å². The Kier molecular flexibility index (Phi) is 4.48. The summed E-state index contributed by atoms with van der Waals surface area (Å²) in [5, 5.41) is 13.6. The zero-order chi connectivity index (χ0) is 14.9. The van der Waals surface area contributed by atoms with Crippen molar-refractivity contribution in [2.75, 3.05) is 13.6 Å². The zero-order valence-electron chi connectivity index (χ0n) is 12.9. The smallest absolute Gasteiger partial charge is 0.222 e. The number of rotatable bonds is 5.